The number of hydrogen-bond acceptors (Lipinski definition) is 5. The number of carbonyl (C=O) groups excluding carboxylic acids is 2. The largest absolute Gasteiger partial charge is 0.274 e. The molecule has 1 heterocycles. The Balaban J connectivity index is 1.82. The molecule has 6 nitrogen and oxygen atoms in total. The van der Waals surface area contributed by atoms with Crippen LogP contribution in [-0.4, -0.2) is 23.2 Å². The molecule has 2 aliphatic rings. The molecule has 1 aliphatic carbocycles. The SMILES string of the molecule is CSC(=Nc1ccc(N2C(=O)C3CCCCC3C2=O)cc1)NC#N. The minimum absolute atomic E-state index is 0.0723. The van der Waals surface area contributed by atoms with Crippen LogP contribution in [0.1, 0.15) is 25.7 Å². The second-order valence-corrected chi connectivity index (χ2v) is 6.68. The molecular formula is C17H18N4O2S. The minimum Gasteiger partial charge on any atom is -0.274 e. The fraction of sp³-hybridized carbons (Fsp3) is 0.412. The lowest BCUT2D eigenvalue weighted by Gasteiger charge is -2.19. The summed E-state index contributed by atoms with van der Waals surface area (Å²) in [5.74, 6) is -0.437. The highest BCUT2D eigenvalue weighted by atomic mass is 32.2. The van der Waals surface area contributed by atoms with Crippen molar-refractivity contribution < 1.29 is 9.59 Å². The van der Waals surface area contributed by atoms with E-state index in [4.69, 9.17) is 5.26 Å². The first-order chi connectivity index (χ1) is 11.7. The number of benzene rings is 1. The number of nitrogens with zero attached hydrogens (tertiary/aromatic N) is 3. The smallest absolute Gasteiger partial charge is 0.237 e. The van der Waals surface area contributed by atoms with Gasteiger partial charge in [-0.2, -0.15) is 5.26 Å². The van der Waals surface area contributed by atoms with E-state index in [2.05, 4.69) is 10.3 Å². The van der Waals surface area contributed by atoms with Crippen LogP contribution in [0.25, 0.3) is 0 Å². The van der Waals surface area contributed by atoms with Crippen LogP contribution >= 0.6 is 11.8 Å². The van der Waals surface area contributed by atoms with Crippen LogP contribution < -0.4 is 10.2 Å². The highest BCUT2D eigenvalue weighted by Gasteiger charge is 2.48. The van der Waals surface area contributed by atoms with Crippen molar-refractivity contribution in [3.63, 3.8) is 0 Å². The number of anilines is 1. The van der Waals surface area contributed by atoms with Crippen LogP contribution in [0, 0.1) is 23.3 Å². The quantitative estimate of drug-likeness (QED) is 0.294. The first-order valence-electron chi connectivity index (χ1n) is 7.91. The number of aliphatic imine (C=N–C) groups is 1. The zero-order valence-corrected chi connectivity index (χ0v) is 14.2. The molecule has 1 N–H and O–H groups in total. The third-order valence-electron chi connectivity index (χ3n) is 4.54. The maximum absolute atomic E-state index is 12.6. The van der Waals surface area contributed by atoms with Gasteiger partial charge >= 0.3 is 0 Å². The van der Waals surface area contributed by atoms with E-state index < -0.39 is 0 Å². The van der Waals surface area contributed by atoms with E-state index in [9.17, 15) is 9.59 Å². The summed E-state index contributed by atoms with van der Waals surface area (Å²) in [6, 6.07) is 6.95. The van der Waals surface area contributed by atoms with Crippen LogP contribution in [0.15, 0.2) is 29.3 Å². The van der Waals surface area contributed by atoms with Gasteiger partial charge in [0.2, 0.25) is 11.8 Å². The number of hydrogen-bond donors (Lipinski definition) is 1. The van der Waals surface area contributed by atoms with Crippen molar-refractivity contribution in [3.05, 3.63) is 24.3 Å². The van der Waals surface area contributed by atoms with E-state index in [-0.39, 0.29) is 23.7 Å². The van der Waals surface area contributed by atoms with Crippen molar-refractivity contribution in [3.8, 4) is 6.19 Å². The van der Waals surface area contributed by atoms with Crippen LogP contribution in [0.2, 0.25) is 0 Å². The average Bonchev–Trinajstić information content (AvgIpc) is 2.87. The predicted octanol–water partition coefficient (Wildman–Crippen LogP) is 2.79. The van der Waals surface area contributed by atoms with Crippen molar-refractivity contribution in [1.29, 1.82) is 5.26 Å². The first kappa shape index (κ1) is 16.5. The fourth-order valence-corrected chi connectivity index (χ4v) is 3.73. The van der Waals surface area contributed by atoms with E-state index >= 15 is 0 Å². The van der Waals surface area contributed by atoms with Crippen LogP contribution in [0.5, 0.6) is 0 Å². The lowest BCUT2D eigenvalue weighted by atomic mass is 9.81. The van der Waals surface area contributed by atoms with Gasteiger partial charge in [0.1, 0.15) is 0 Å². The van der Waals surface area contributed by atoms with Gasteiger partial charge in [0.05, 0.1) is 23.2 Å². The van der Waals surface area contributed by atoms with Gasteiger partial charge in [0.25, 0.3) is 0 Å². The topological polar surface area (TPSA) is 85.6 Å². The summed E-state index contributed by atoms with van der Waals surface area (Å²) in [6.07, 6.45) is 7.32. The average molecular weight is 342 g/mol. The monoisotopic (exact) mass is 342 g/mol. The first-order valence-corrected chi connectivity index (χ1v) is 9.14. The molecular weight excluding hydrogens is 324 g/mol. The van der Waals surface area contributed by atoms with E-state index in [0.717, 1.165) is 25.7 Å². The number of carbonyl (C=O) groups is 2. The van der Waals surface area contributed by atoms with E-state index in [1.165, 1.54) is 16.7 Å². The lowest BCUT2D eigenvalue weighted by molar-refractivity contribution is -0.122. The Bertz CT molecular complexity index is 699. The van der Waals surface area contributed by atoms with Gasteiger partial charge in [0, 0.05) is 0 Å². The third kappa shape index (κ3) is 3.02. The summed E-state index contributed by atoms with van der Waals surface area (Å²) in [7, 11) is 0. The number of rotatable bonds is 2. The summed E-state index contributed by atoms with van der Waals surface area (Å²) >= 11 is 1.33. The molecule has 3 rings (SSSR count). The number of nitriles is 1. The molecule has 2 amide bonds. The maximum atomic E-state index is 12.6. The molecule has 0 radical (unpaired) electrons. The molecule has 0 bridgehead atoms. The molecule has 0 aromatic heterocycles. The highest BCUT2D eigenvalue weighted by Crippen LogP contribution is 2.40. The molecule has 1 saturated heterocycles. The Morgan fingerprint density at radius 3 is 2.29 bits per heavy atom. The number of fused-ring (bicyclic) bond motifs is 1. The summed E-state index contributed by atoms with van der Waals surface area (Å²) in [4.78, 5) is 30.8. The molecule has 1 aliphatic heterocycles. The van der Waals surface area contributed by atoms with Gasteiger partial charge < -0.3 is 0 Å². The van der Waals surface area contributed by atoms with Crippen LogP contribution in [0.3, 0.4) is 0 Å². The summed E-state index contributed by atoms with van der Waals surface area (Å²) < 4.78 is 0. The number of amides is 2. The zero-order valence-electron chi connectivity index (χ0n) is 13.4. The minimum atomic E-state index is -0.146. The Morgan fingerprint density at radius 1 is 1.21 bits per heavy atom. The molecule has 1 aromatic rings. The van der Waals surface area contributed by atoms with E-state index in [0.29, 0.717) is 16.5 Å². The van der Waals surface area contributed by atoms with E-state index in [1.807, 2.05) is 12.4 Å². The molecule has 2 atom stereocenters. The molecule has 2 fully saturated rings. The molecule has 2 unspecified atom stereocenters. The van der Waals surface area contributed by atoms with Crippen molar-refractivity contribution in [2.24, 2.45) is 16.8 Å². The van der Waals surface area contributed by atoms with Gasteiger partial charge in [-0.1, -0.05) is 24.6 Å². The number of thioether (sulfide) groups is 1. The molecule has 0 spiro atoms. The van der Waals surface area contributed by atoms with Crippen molar-refractivity contribution >= 4 is 40.1 Å². The second kappa shape index (κ2) is 7.05. The van der Waals surface area contributed by atoms with Gasteiger partial charge in [-0.3, -0.25) is 19.8 Å². The van der Waals surface area contributed by atoms with Crippen molar-refractivity contribution in [2.45, 2.75) is 25.7 Å². The lowest BCUT2D eigenvalue weighted by Crippen LogP contribution is -2.30. The Hall–Kier alpha value is -2.33. The van der Waals surface area contributed by atoms with Crippen molar-refractivity contribution in [1.82, 2.24) is 5.32 Å². The van der Waals surface area contributed by atoms with Gasteiger partial charge in [0.15, 0.2) is 11.4 Å². The fourth-order valence-electron chi connectivity index (χ4n) is 3.38. The zero-order chi connectivity index (χ0) is 17.1. The van der Waals surface area contributed by atoms with Crippen LogP contribution in [-0.2, 0) is 9.59 Å². The second-order valence-electron chi connectivity index (χ2n) is 5.88. The van der Waals surface area contributed by atoms with Crippen molar-refractivity contribution in [2.75, 3.05) is 11.2 Å². The Labute approximate surface area is 144 Å². The Morgan fingerprint density at radius 2 is 1.79 bits per heavy atom. The maximum Gasteiger partial charge on any atom is 0.237 e. The number of imide groups is 1. The molecule has 124 valence electrons. The molecule has 7 heteroatoms. The predicted molar refractivity (Wildman–Crippen MR) is 93.7 cm³/mol. The molecule has 1 saturated carbocycles. The van der Waals surface area contributed by atoms with Gasteiger partial charge in [-0.25, -0.2) is 4.99 Å². The Kier molecular flexibility index (Phi) is 4.86. The normalized spacial score (nSPS) is 23.8. The van der Waals surface area contributed by atoms with Gasteiger partial charge in [-0.15, -0.1) is 0 Å². The number of nitrogens with one attached hydrogen (secondary N) is 1. The number of amidine groups is 1. The summed E-state index contributed by atoms with van der Waals surface area (Å²) in [5.41, 5.74) is 1.25. The van der Waals surface area contributed by atoms with Crippen LogP contribution in [0.4, 0.5) is 11.4 Å². The van der Waals surface area contributed by atoms with Gasteiger partial charge in [-0.05, 0) is 43.4 Å². The summed E-state index contributed by atoms with van der Waals surface area (Å²) in [5, 5.41) is 11.6. The highest BCUT2D eigenvalue weighted by molar-refractivity contribution is 8.13. The molecule has 24 heavy (non-hydrogen) atoms. The summed E-state index contributed by atoms with van der Waals surface area (Å²) in [6.45, 7) is 0. The molecule has 1 aromatic carbocycles. The third-order valence-corrected chi connectivity index (χ3v) is 5.12. The van der Waals surface area contributed by atoms with E-state index in [1.54, 1.807) is 24.3 Å². The standard InChI is InChI=1S/C17H18N4O2S/c1-24-17(19-10-18)20-11-6-8-12(9-7-11)21-15(22)13-4-2-3-5-14(13)16(21)23/h6-9,13-14H,2-5H2,1H3,(H,19,20).